The molecule has 156 valence electrons. The molecular formula is C23H37N3O2. The first-order valence-corrected chi connectivity index (χ1v) is 11.0. The largest absolute Gasteiger partial charge is 0.494 e. The highest BCUT2D eigenvalue weighted by atomic mass is 16.5. The van der Waals surface area contributed by atoms with Gasteiger partial charge in [0.05, 0.1) is 12.6 Å². The van der Waals surface area contributed by atoms with Gasteiger partial charge in [-0.05, 0) is 88.8 Å². The van der Waals surface area contributed by atoms with Crippen LogP contribution in [0.5, 0.6) is 5.75 Å². The standard InChI is InChI=1S/C23H37N3O2/c1-4-14-26-18-23(11-15-25(3)16-12-23)17-21(26)22(27)24-13-10-19-6-8-20(9-7-19)28-5-2/h6-9,21H,4-5,10-18H2,1-3H3,(H,24,27). The fourth-order valence-electron chi connectivity index (χ4n) is 4.75. The van der Waals surface area contributed by atoms with Crippen molar-refractivity contribution in [2.24, 2.45) is 5.41 Å². The highest BCUT2D eigenvalue weighted by Crippen LogP contribution is 2.43. The molecule has 1 aromatic rings. The summed E-state index contributed by atoms with van der Waals surface area (Å²) in [6.45, 7) is 10.0. The van der Waals surface area contributed by atoms with Gasteiger partial charge in [0.15, 0.2) is 0 Å². The second kappa shape index (κ2) is 9.75. The monoisotopic (exact) mass is 387 g/mol. The minimum atomic E-state index is 0.0451. The molecule has 1 N–H and O–H groups in total. The SMILES string of the molecule is CCCN1CC2(CCN(C)CC2)CC1C(=O)NCCc1ccc(OCC)cc1. The summed E-state index contributed by atoms with van der Waals surface area (Å²) in [7, 11) is 2.21. The van der Waals surface area contributed by atoms with Crippen molar-refractivity contribution in [2.45, 2.75) is 52.0 Å². The summed E-state index contributed by atoms with van der Waals surface area (Å²) in [5.74, 6) is 1.12. The molecule has 2 aliphatic rings. The lowest BCUT2D eigenvalue weighted by molar-refractivity contribution is -0.125. The van der Waals surface area contributed by atoms with Gasteiger partial charge in [-0.3, -0.25) is 9.69 Å². The molecular weight excluding hydrogens is 350 g/mol. The van der Waals surface area contributed by atoms with E-state index in [1.165, 1.54) is 18.4 Å². The van der Waals surface area contributed by atoms with Gasteiger partial charge in [-0.2, -0.15) is 0 Å². The van der Waals surface area contributed by atoms with E-state index in [4.69, 9.17) is 4.74 Å². The van der Waals surface area contributed by atoms with E-state index in [-0.39, 0.29) is 11.9 Å². The van der Waals surface area contributed by atoms with Crippen molar-refractivity contribution >= 4 is 5.91 Å². The predicted octanol–water partition coefficient (Wildman–Crippen LogP) is 2.94. The van der Waals surface area contributed by atoms with Crippen LogP contribution in [0, 0.1) is 5.41 Å². The van der Waals surface area contributed by atoms with Crippen LogP contribution >= 0.6 is 0 Å². The van der Waals surface area contributed by atoms with E-state index in [0.29, 0.717) is 18.6 Å². The van der Waals surface area contributed by atoms with Crippen molar-refractivity contribution < 1.29 is 9.53 Å². The second-order valence-corrected chi connectivity index (χ2v) is 8.61. The fraction of sp³-hybridized carbons (Fsp3) is 0.696. The Bertz CT molecular complexity index is 623. The molecule has 1 atom stereocenters. The Morgan fingerprint density at radius 2 is 1.93 bits per heavy atom. The Hall–Kier alpha value is -1.59. The first kappa shape index (κ1) is 21.1. The van der Waals surface area contributed by atoms with Crippen LogP contribution in [0.3, 0.4) is 0 Å². The van der Waals surface area contributed by atoms with E-state index >= 15 is 0 Å². The predicted molar refractivity (Wildman–Crippen MR) is 114 cm³/mol. The number of piperidine rings is 1. The number of benzene rings is 1. The summed E-state index contributed by atoms with van der Waals surface area (Å²) in [5.41, 5.74) is 1.58. The summed E-state index contributed by atoms with van der Waals surface area (Å²) in [5, 5.41) is 3.21. The van der Waals surface area contributed by atoms with Crippen LogP contribution in [0.2, 0.25) is 0 Å². The molecule has 2 aliphatic heterocycles. The van der Waals surface area contributed by atoms with Crippen molar-refractivity contribution in [1.82, 2.24) is 15.1 Å². The molecule has 0 bridgehead atoms. The number of hydrogen-bond acceptors (Lipinski definition) is 4. The molecule has 0 radical (unpaired) electrons. The van der Waals surface area contributed by atoms with Crippen LogP contribution in [0.25, 0.3) is 0 Å². The Kier molecular flexibility index (Phi) is 7.36. The van der Waals surface area contributed by atoms with E-state index in [9.17, 15) is 4.79 Å². The van der Waals surface area contributed by atoms with Crippen LogP contribution in [0.15, 0.2) is 24.3 Å². The normalized spacial score (nSPS) is 22.5. The van der Waals surface area contributed by atoms with Gasteiger partial charge in [0.2, 0.25) is 5.91 Å². The van der Waals surface area contributed by atoms with E-state index < -0.39 is 0 Å². The van der Waals surface area contributed by atoms with E-state index in [1.807, 2.05) is 19.1 Å². The average Bonchev–Trinajstić information content (AvgIpc) is 3.05. The van der Waals surface area contributed by atoms with Gasteiger partial charge in [0, 0.05) is 13.1 Å². The zero-order chi connectivity index (χ0) is 20.0. The number of hydrogen-bond donors (Lipinski definition) is 1. The molecule has 2 saturated heterocycles. The molecule has 1 aromatic carbocycles. The summed E-state index contributed by atoms with van der Waals surface area (Å²) < 4.78 is 5.49. The second-order valence-electron chi connectivity index (χ2n) is 8.61. The van der Waals surface area contributed by atoms with Gasteiger partial charge in [0.1, 0.15) is 5.75 Å². The van der Waals surface area contributed by atoms with E-state index in [0.717, 1.165) is 51.2 Å². The van der Waals surface area contributed by atoms with Crippen molar-refractivity contribution in [3.63, 3.8) is 0 Å². The lowest BCUT2D eigenvalue weighted by atomic mass is 9.76. The number of ether oxygens (including phenoxy) is 1. The molecule has 0 aliphatic carbocycles. The number of nitrogens with zero attached hydrogens (tertiary/aromatic N) is 2. The quantitative estimate of drug-likeness (QED) is 0.745. The van der Waals surface area contributed by atoms with Gasteiger partial charge in [-0.15, -0.1) is 0 Å². The summed E-state index contributed by atoms with van der Waals surface area (Å²) in [4.78, 5) is 17.8. The first-order valence-electron chi connectivity index (χ1n) is 11.0. The average molecular weight is 388 g/mol. The Labute approximate surface area is 170 Å². The van der Waals surface area contributed by atoms with Crippen LogP contribution in [-0.2, 0) is 11.2 Å². The van der Waals surface area contributed by atoms with Crippen LogP contribution < -0.4 is 10.1 Å². The van der Waals surface area contributed by atoms with Crippen molar-refractivity contribution in [3.8, 4) is 5.75 Å². The maximum absolute atomic E-state index is 13.0. The van der Waals surface area contributed by atoms with E-state index in [1.54, 1.807) is 0 Å². The lowest BCUT2D eigenvalue weighted by Crippen LogP contribution is -2.44. The van der Waals surface area contributed by atoms with Gasteiger partial charge in [-0.1, -0.05) is 19.1 Å². The van der Waals surface area contributed by atoms with Gasteiger partial charge in [0.25, 0.3) is 0 Å². The molecule has 5 nitrogen and oxygen atoms in total. The smallest absolute Gasteiger partial charge is 0.237 e. The molecule has 3 rings (SSSR count). The molecule has 0 aromatic heterocycles. The highest BCUT2D eigenvalue weighted by Gasteiger charge is 2.47. The minimum absolute atomic E-state index is 0.0451. The number of nitrogens with one attached hydrogen (secondary N) is 1. The highest BCUT2D eigenvalue weighted by molar-refractivity contribution is 5.82. The molecule has 1 amide bonds. The van der Waals surface area contributed by atoms with Gasteiger partial charge >= 0.3 is 0 Å². The summed E-state index contributed by atoms with van der Waals surface area (Å²) in [6, 6.07) is 8.23. The van der Waals surface area contributed by atoms with Crippen LogP contribution in [0.4, 0.5) is 0 Å². The van der Waals surface area contributed by atoms with Crippen LogP contribution in [-0.4, -0.2) is 68.1 Å². The molecule has 0 saturated carbocycles. The van der Waals surface area contributed by atoms with E-state index in [2.05, 4.69) is 41.2 Å². The summed E-state index contributed by atoms with van der Waals surface area (Å²) >= 11 is 0. The zero-order valence-electron chi connectivity index (χ0n) is 17.9. The van der Waals surface area contributed by atoms with Crippen molar-refractivity contribution in [2.75, 3.05) is 46.4 Å². The third-order valence-electron chi connectivity index (χ3n) is 6.41. The molecule has 5 heteroatoms. The van der Waals surface area contributed by atoms with Gasteiger partial charge < -0.3 is 15.0 Å². The molecule has 2 fully saturated rings. The maximum atomic E-state index is 13.0. The first-order chi connectivity index (χ1) is 13.5. The fourth-order valence-corrected chi connectivity index (χ4v) is 4.75. The number of amides is 1. The number of likely N-dealkylation sites (tertiary alicyclic amines) is 2. The third kappa shape index (κ3) is 5.26. The van der Waals surface area contributed by atoms with Gasteiger partial charge in [-0.25, -0.2) is 0 Å². The minimum Gasteiger partial charge on any atom is -0.494 e. The summed E-state index contributed by atoms with van der Waals surface area (Å²) in [6.07, 6.45) is 5.43. The topological polar surface area (TPSA) is 44.8 Å². The number of carbonyl (C=O) groups is 1. The molecule has 2 heterocycles. The number of rotatable bonds is 8. The van der Waals surface area contributed by atoms with Crippen LogP contribution in [0.1, 0.15) is 45.1 Å². The lowest BCUT2D eigenvalue weighted by Gasteiger charge is -2.37. The Balaban J connectivity index is 1.51. The molecule has 1 unspecified atom stereocenters. The maximum Gasteiger partial charge on any atom is 0.237 e. The Morgan fingerprint density at radius 3 is 2.57 bits per heavy atom. The van der Waals surface area contributed by atoms with Crippen molar-refractivity contribution in [1.29, 1.82) is 0 Å². The Morgan fingerprint density at radius 1 is 1.21 bits per heavy atom. The number of carbonyl (C=O) groups excluding carboxylic acids is 1. The van der Waals surface area contributed by atoms with Crippen molar-refractivity contribution in [3.05, 3.63) is 29.8 Å². The zero-order valence-corrected chi connectivity index (χ0v) is 17.9. The molecule has 1 spiro atoms. The third-order valence-corrected chi connectivity index (χ3v) is 6.41. The molecule has 28 heavy (non-hydrogen) atoms.